The molecule has 0 aromatic heterocycles. The smallest absolute Gasteiger partial charge is 0.396 e. The van der Waals surface area contributed by atoms with Gasteiger partial charge in [0.25, 0.3) is 0 Å². The Labute approximate surface area is 148 Å². The molecule has 0 heterocycles. The van der Waals surface area contributed by atoms with E-state index in [2.05, 4.69) is 4.72 Å². The summed E-state index contributed by atoms with van der Waals surface area (Å²) in [5.41, 5.74) is -0.236. The number of halogens is 4. The minimum absolute atomic E-state index is 0.0585. The second-order valence-corrected chi connectivity index (χ2v) is 7.28. The highest BCUT2D eigenvalue weighted by molar-refractivity contribution is 7.89. The Hall–Kier alpha value is -1.97. The maximum atomic E-state index is 14.2. The second-order valence-electron chi connectivity index (χ2n) is 5.55. The van der Waals surface area contributed by atoms with E-state index in [1.807, 2.05) is 0 Å². The van der Waals surface area contributed by atoms with E-state index in [1.165, 1.54) is 18.2 Å². The zero-order valence-electron chi connectivity index (χ0n) is 13.6. The summed E-state index contributed by atoms with van der Waals surface area (Å²) in [6.45, 7) is -0.0130. The highest BCUT2D eigenvalue weighted by atomic mass is 32.2. The fourth-order valence-corrected chi connectivity index (χ4v) is 3.40. The SMILES string of the molecule is O=S(=O)(NCCCCO)c1ccc(-c2ccc(C(F)(F)F)cc2)cc1F. The van der Waals surface area contributed by atoms with Crippen LogP contribution in [0.2, 0.25) is 0 Å². The number of hydrogen-bond donors (Lipinski definition) is 2. The summed E-state index contributed by atoms with van der Waals surface area (Å²) in [7, 11) is -4.05. The van der Waals surface area contributed by atoms with Crippen LogP contribution in [-0.2, 0) is 16.2 Å². The highest BCUT2D eigenvalue weighted by Gasteiger charge is 2.30. The first-order chi connectivity index (χ1) is 12.1. The van der Waals surface area contributed by atoms with Crippen molar-refractivity contribution in [2.45, 2.75) is 23.9 Å². The van der Waals surface area contributed by atoms with Crippen molar-refractivity contribution in [2.24, 2.45) is 0 Å². The fourth-order valence-electron chi connectivity index (χ4n) is 2.27. The molecule has 0 saturated heterocycles. The van der Waals surface area contributed by atoms with Gasteiger partial charge in [-0.3, -0.25) is 0 Å². The molecule has 0 fully saturated rings. The lowest BCUT2D eigenvalue weighted by Crippen LogP contribution is -2.25. The summed E-state index contributed by atoms with van der Waals surface area (Å²) in [5.74, 6) is -1.00. The molecule has 0 spiro atoms. The second kappa shape index (κ2) is 8.15. The Kier molecular flexibility index (Phi) is 6.38. The van der Waals surface area contributed by atoms with Crippen molar-refractivity contribution in [2.75, 3.05) is 13.2 Å². The lowest BCUT2D eigenvalue weighted by Gasteiger charge is -2.10. The third-order valence-corrected chi connectivity index (χ3v) is 5.14. The summed E-state index contributed by atoms with van der Waals surface area (Å²) in [5, 5.41) is 8.66. The standard InChI is InChI=1S/C17H17F4NO3S/c18-15-11-13(12-3-6-14(7-4-12)17(19,20)21)5-8-16(15)26(24,25)22-9-1-2-10-23/h3-8,11,22-23H,1-2,9-10H2. The normalized spacial score (nSPS) is 12.3. The van der Waals surface area contributed by atoms with Gasteiger partial charge >= 0.3 is 6.18 Å². The Bertz CT molecular complexity index is 849. The first-order valence-corrected chi connectivity index (χ1v) is 9.21. The number of nitrogens with one attached hydrogen (secondary N) is 1. The van der Waals surface area contributed by atoms with Crippen molar-refractivity contribution in [3.63, 3.8) is 0 Å². The molecule has 0 aliphatic heterocycles. The van der Waals surface area contributed by atoms with Crippen molar-refractivity contribution >= 4 is 10.0 Å². The molecule has 0 bridgehead atoms. The summed E-state index contributed by atoms with van der Waals surface area (Å²) in [6.07, 6.45) is -3.65. The molecule has 9 heteroatoms. The molecular weight excluding hydrogens is 374 g/mol. The Morgan fingerprint density at radius 3 is 2.12 bits per heavy atom. The van der Waals surface area contributed by atoms with E-state index in [1.54, 1.807) is 0 Å². The summed E-state index contributed by atoms with van der Waals surface area (Å²) in [4.78, 5) is -0.544. The van der Waals surface area contributed by atoms with E-state index in [4.69, 9.17) is 5.11 Å². The van der Waals surface area contributed by atoms with E-state index in [0.717, 1.165) is 24.3 Å². The van der Waals surface area contributed by atoms with Crippen LogP contribution in [0.5, 0.6) is 0 Å². The molecule has 0 aliphatic carbocycles. The van der Waals surface area contributed by atoms with Gasteiger partial charge in [-0.2, -0.15) is 13.2 Å². The molecule has 4 nitrogen and oxygen atoms in total. The summed E-state index contributed by atoms with van der Waals surface area (Å²) >= 11 is 0. The number of sulfonamides is 1. The Balaban J connectivity index is 2.21. The number of rotatable bonds is 7. The molecule has 142 valence electrons. The van der Waals surface area contributed by atoms with E-state index in [-0.39, 0.29) is 18.7 Å². The largest absolute Gasteiger partial charge is 0.416 e. The number of hydrogen-bond acceptors (Lipinski definition) is 3. The summed E-state index contributed by atoms with van der Waals surface area (Å²) < 4.78 is 78.3. The molecule has 0 saturated carbocycles. The average Bonchev–Trinajstić information content (AvgIpc) is 2.58. The van der Waals surface area contributed by atoms with Gasteiger partial charge in [0.2, 0.25) is 10.0 Å². The van der Waals surface area contributed by atoms with Crippen LogP contribution in [0.1, 0.15) is 18.4 Å². The molecule has 0 atom stereocenters. The van der Waals surface area contributed by atoms with Crippen LogP contribution in [0.3, 0.4) is 0 Å². The van der Waals surface area contributed by atoms with Crippen LogP contribution >= 0.6 is 0 Å². The van der Waals surface area contributed by atoms with Gasteiger partial charge in [0.15, 0.2) is 0 Å². The number of aliphatic hydroxyl groups excluding tert-OH is 1. The van der Waals surface area contributed by atoms with Crippen molar-refractivity contribution < 1.29 is 31.1 Å². The van der Waals surface area contributed by atoms with E-state index < -0.39 is 32.5 Å². The predicted molar refractivity (Wildman–Crippen MR) is 88.3 cm³/mol. The van der Waals surface area contributed by atoms with Gasteiger partial charge in [-0.25, -0.2) is 17.5 Å². The molecular formula is C17H17F4NO3S. The molecule has 0 radical (unpaired) electrons. The fraction of sp³-hybridized carbons (Fsp3) is 0.294. The van der Waals surface area contributed by atoms with Gasteiger partial charge in [-0.05, 0) is 48.2 Å². The van der Waals surface area contributed by atoms with Crippen molar-refractivity contribution in [1.29, 1.82) is 0 Å². The third kappa shape index (κ3) is 5.03. The van der Waals surface area contributed by atoms with Crippen LogP contribution in [-0.4, -0.2) is 26.7 Å². The molecule has 0 aliphatic rings. The van der Waals surface area contributed by atoms with Crippen LogP contribution in [0.15, 0.2) is 47.4 Å². The molecule has 26 heavy (non-hydrogen) atoms. The maximum Gasteiger partial charge on any atom is 0.416 e. The lowest BCUT2D eigenvalue weighted by molar-refractivity contribution is -0.137. The molecule has 0 amide bonds. The number of benzene rings is 2. The minimum Gasteiger partial charge on any atom is -0.396 e. The van der Waals surface area contributed by atoms with E-state index >= 15 is 0 Å². The van der Waals surface area contributed by atoms with Gasteiger partial charge in [-0.15, -0.1) is 0 Å². The third-order valence-electron chi connectivity index (χ3n) is 3.64. The van der Waals surface area contributed by atoms with E-state index in [0.29, 0.717) is 18.4 Å². The molecule has 2 N–H and O–H groups in total. The predicted octanol–water partition coefficient (Wildman–Crippen LogP) is 3.56. The van der Waals surface area contributed by atoms with Crippen molar-refractivity contribution in [3.8, 4) is 11.1 Å². The molecule has 2 aromatic rings. The Morgan fingerprint density at radius 2 is 1.58 bits per heavy atom. The molecule has 2 rings (SSSR count). The Morgan fingerprint density at radius 1 is 0.962 bits per heavy atom. The average molecular weight is 391 g/mol. The van der Waals surface area contributed by atoms with Crippen LogP contribution in [0.25, 0.3) is 11.1 Å². The van der Waals surface area contributed by atoms with Crippen LogP contribution in [0, 0.1) is 5.82 Å². The topological polar surface area (TPSA) is 66.4 Å². The van der Waals surface area contributed by atoms with Crippen LogP contribution < -0.4 is 4.72 Å². The van der Waals surface area contributed by atoms with Gasteiger partial charge < -0.3 is 5.11 Å². The number of alkyl halides is 3. The van der Waals surface area contributed by atoms with Gasteiger partial charge in [0.1, 0.15) is 10.7 Å². The highest BCUT2D eigenvalue weighted by Crippen LogP contribution is 2.31. The number of aliphatic hydroxyl groups is 1. The quantitative estimate of drug-likeness (QED) is 0.560. The van der Waals surface area contributed by atoms with Gasteiger partial charge in [0, 0.05) is 13.2 Å². The molecule has 0 unspecified atom stereocenters. The zero-order valence-corrected chi connectivity index (χ0v) is 14.4. The van der Waals surface area contributed by atoms with Crippen LogP contribution in [0.4, 0.5) is 17.6 Å². The molecule has 2 aromatic carbocycles. The minimum atomic E-state index is -4.47. The number of unbranched alkanes of at least 4 members (excludes halogenated alkanes) is 1. The first kappa shape index (κ1) is 20.3. The van der Waals surface area contributed by atoms with Gasteiger partial charge in [-0.1, -0.05) is 18.2 Å². The van der Waals surface area contributed by atoms with Crippen molar-refractivity contribution in [1.82, 2.24) is 4.72 Å². The van der Waals surface area contributed by atoms with Gasteiger partial charge in [0.05, 0.1) is 5.56 Å². The first-order valence-electron chi connectivity index (χ1n) is 7.73. The summed E-state index contributed by atoms with van der Waals surface area (Å²) in [6, 6.07) is 7.49. The van der Waals surface area contributed by atoms with Crippen molar-refractivity contribution in [3.05, 3.63) is 53.8 Å². The maximum absolute atomic E-state index is 14.2. The van der Waals surface area contributed by atoms with E-state index in [9.17, 15) is 26.0 Å². The monoisotopic (exact) mass is 391 g/mol. The lowest BCUT2D eigenvalue weighted by atomic mass is 10.0. The zero-order chi connectivity index (χ0) is 19.4.